The van der Waals surface area contributed by atoms with E-state index in [1.807, 2.05) is 31.2 Å². The minimum atomic E-state index is -0.939. The van der Waals surface area contributed by atoms with Gasteiger partial charge in [-0.1, -0.05) is 17.7 Å². The van der Waals surface area contributed by atoms with E-state index in [0.717, 1.165) is 5.56 Å². The van der Waals surface area contributed by atoms with E-state index in [1.54, 1.807) is 27.7 Å². The van der Waals surface area contributed by atoms with Crippen LogP contribution in [0.4, 0.5) is 5.69 Å². The van der Waals surface area contributed by atoms with Crippen LogP contribution in [0.2, 0.25) is 0 Å². The number of aryl methyl sites for hydroxylation is 1. The van der Waals surface area contributed by atoms with Crippen molar-refractivity contribution in [2.75, 3.05) is 11.9 Å². The van der Waals surface area contributed by atoms with Crippen LogP contribution in [-0.2, 0) is 33.3 Å². The van der Waals surface area contributed by atoms with Gasteiger partial charge in [-0.2, -0.15) is 0 Å². The average Bonchev–Trinajstić information content (AvgIpc) is 3.16. The van der Waals surface area contributed by atoms with Gasteiger partial charge in [0.2, 0.25) is 5.91 Å². The maximum absolute atomic E-state index is 12.9. The van der Waals surface area contributed by atoms with Crippen LogP contribution >= 0.6 is 0 Å². The third-order valence-corrected chi connectivity index (χ3v) is 5.40. The Morgan fingerprint density at radius 1 is 0.903 bits per heavy atom. The highest BCUT2D eigenvalue weighted by molar-refractivity contribution is 5.91. The first-order valence-electron chi connectivity index (χ1n) is 10.5. The molecule has 3 aliphatic rings. The zero-order valence-corrected chi connectivity index (χ0v) is 18.5. The maximum Gasteiger partial charge on any atom is 0.252 e. The van der Waals surface area contributed by atoms with Gasteiger partial charge >= 0.3 is 0 Å². The number of anilines is 1. The smallest absolute Gasteiger partial charge is 0.252 e. The summed E-state index contributed by atoms with van der Waals surface area (Å²) in [6.07, 6.45) is -3.19. The number of ether oxygens (including phenoxy) is 5. The Balaban J connectivity index is 1.34. The normalized spacial score (nSPS) is 32.7. The van der Waals surface area contributed by atoms with Crippen molar-refractivity contribution in [1.82, 2.24) is 5.32 Å². The molecular weight excluding hydrogens is 404 g/mol. The first-order valence-corrected chi connectivity index (χ1v) is 10.5. The molecule has 4 rings (SSSR count). The molecule has 0 radical (unpaired) electrons. The van der Waals surface area contributed by atoms with Crippen LogP contribution in [0.5, 0.6) is 0 Å². The van der Waals surface area contributed by atoms with Crippen LogP contribution < -0.4 is 10.6 Å². The van der Waals surface area contributed by atoms with E-state index >= 15 is 0 Å². The highest BCUT2D eigenvalue weighted by atomic mass is 16.9. The molecule has 0 spiro atoms. The molecule has 9 nitrogen and oxygen atoms in total. The number of carbonyl (C=O) groups excluding carboxylic acids is 2. The Labute approximate surface area is 181 Å². The van der Waals surface area contributed by atoms with E-state index in [9.17, 15) is 9.59 Å². The lowest BCUT2D eigenvalue weighted by Gasteiger charge is -2.36. The third kappa shape index (κ3) is 4.91. The Morgan fingerprint density at radius 2 is 1.52 bits per heavy atom. The lowest BCUT2D eigenvalue weighted by Crippen LogP contribution is -2.59. The zero-order valence-electron chi connectivity index (χ0n) is 18.5. The standard InChI is InChI=1S/C22H30N2O7/c1-12-6-8-13(9-7-12)24-14(25)10-11-23-19(26)17-15-16(29-21(2,3)28-15)18-20(27-17)31-22(4,5)30-18/h6-9,15-18,20H,10-11H2,1-5H3,(H,23,26)(H,24,25)/t15-,16+,17+,18+,20+/m0/s1. The molecule has 3 heterocycles. The Hall–Kier alpha value is -2.04. The van der Waals surface area contributed by atoms with Crippen LogP contribution in [0.15, 0.2) is 24.3 Å². The summed E-state index contributed by atoms with van der Waals surface area (Å²) in [5.74, 6) is -2.31. The average molecular weight is 434 g/mol. The van der Waals surface area contributed by atoms with Crippen LogP contribution in [0.25, 0.3) is 0 Å². The molecule has 0 aromatic heterocycles. The SMILES string of the molecule is Cc1ccc(NC(=O)CCNC(=O)[C@@H]2O[C@@H]3OC(C)(C)O[C@@H]3[C@@H]3OC(C)(C)O[C@@H]32)cc1. The summed E-state index contributed by atoms with van der Waals surface area (Å²) >= 11 is 0. The molecule has 3 aliphatic heterocycles. The topological polar surface area (TPSA) is 104 Å². The van der Waals surface area contributed by atoms with Crippen molar-refractivity contribution < 1.29 is 33.3 Å². The van der Waals surface area contributed by atoms with Crippen LogP contribution in [0, 0.1) is 6.92 Å². The second kappa shape index (κ2) is 8.14. The van der Waals surface area contributed by atoms with Crippen molar-refractivity contribution in [3.8, 4) is 0 Å². The minimum absolute atomic E-state index is 0.127. The molecule has 3 saturated heterocycles. The number of nitrogens with one attached hydrogen (secondary N) is 2. The molecule has 170 valence electrons. The van der Waals surface area contributed by atoms with Crippen molar-refractivity contribution in [3.63, 3.8) is 0 Å². The first kappa shape index (κ1) is 22.2. The van der Waals surface area contributed by atoms with Gasteiger partial charge in [-0.25, -0.2) is 0 Å². The van der Waals surface area contributed by atoms with Gasteiger partial charge in [0.1, 0.15) is 18.3 Å². The lowest BCUT2D eigenvalue weighted by atomic mass is 9.98. The molecule has 0 aliphatic carbocycles. The van der Waals surface area contributed by atoms with E-state index in [4.69, 9.17) is 23.7 Å². The zero-order chi connectivity index (χ0) is 22.4. The molecule has 5 atom stereocenters. The monoisotopic (exact) mass is 434 g/mol. The van der Waals surface area contributed by atoms with Gasteiger partial charge in [0.15, 0.2) is 24.0 Å². The fourth-order valence-corrected chi connectivity index (χ4v) is 4.08. The molecule has 2 N–H and O–H groups in total. The summed E-state index contributed by atoms with van der Waals surface area (Å²) in [4.78, 5) is 25.0. The molecule has 2 amide bonds. The predicted molar refractivity (Wildman–Crippen MR) is 110 cm³/mol. The van der Waals surface area contributed by atoms with Gasteiger partial charge in [0.25, 0.3) is 5.91 Å². The van der Waals surface area contributed by atoms with Crippen molar-refractivity contribution in [2.45, 2.75) is 83.3 Å². The van der Waals surface area contributed by atoms with Crippen molar-refractivity contribution in [1.29, 1.82) is 0 Å². The first-order chi connectivity index (χ1) is 14.5. The van der Waals surface area contributed by atoms with E-state index in [-0.39, 0.29) is 24.8 Å². The highest BCUT2D eigenvalue weighted by Crippen LogP contribution is 2.44. The lowest BCUT2D eigenvalue weighted by molar-refractivity contribution is -0.231. The van der Waals surface area contributed by atoms with Crippen LogP contribution in [0.1, 0.15) is 39.7 Å². The summed E-state index contributed by atoms with van der Waals surface area (Å²) in [7, 11) is 0. The van der Waals surface area contributed by atoms with Gasteiger partial charge in [-0.05, 0) is 46.8 Å². The van der Waals surface area contributed by atoms with Crippen molar-refractivity contribution in [2.24, 2.45) is 0 Å². The minimum Gasteiger partial charge on any atom is -0.353 e. The van der Waals surface area contributed by atoms with Gasteiger partial charge in [-0.15, -0.1) is 0 Å². The van der Waals surface area contributed by atoms with Crippen molar-refractivity contribution in [3.05, 3.63) is 29.8 Å². The van der Waals surface area contributed by atoms with E-state index in [1.165, 1.54) is 0 Å². The van der Waals surface area contributed by atoms with E-state index in [2.05, 4.69) is 10.6 Å². The predicted octanol–water partition coefficient (Wildman–Crippen LogP) is 1.84. The summed E-state index contributed by atoms with van der Waals surface area (Å²) in [6, 6.07) is 7.51. The number of amides is 2. The second-order valence-electron chi connectivity index (χ2n) is 9.05. The van der Waals surface area contributed by atoms with Gasteiger partial charge in [0.05, 0.1) is 0 Å². The summed E-state index contributed by atoms with van der Waals surface area (Å²) in [5, 5.41) is 5.57. The van der Waals surface area contributed by atoms with E-state index in [0.29, 0.717) is 5.69 Å². The highest BCUT2D eigenvalue weighted by Gasteiger charge is 2.62. The van der Waals surface area contributed by atoms with Gasteiger partial charge < -0.3 is 34.3 Å². The quantitative estimate of drug-likeness (QED) is 0.729. The number of rotatable bonds is 5. The maximum atomic E-state index is 12.9. The molecule has 31 heavy (non-hydrogen) atoms. The molecular formula is C22H30N2O7. The summed E-state index contributed by atoms with van der Waals surface area (Å²) in [5.41, 5.74) is 1.82. The number of carbonyl (C=O) groups is 2. The van der Waals surface area contributed by atoms with Crippen molar-refractivity contribution >= 4 is 17.5 Å². The Morgan fingerprint density at radius 3 is 2.23 bits per heavy atom. The third-order valence-electron chi connectivity index (χ3n) is 5.40. The van der Waals surface area contributed by atoms with Gasteiger partial charge in [0, 0.05) is 18.7 Å². The molecule has 1 aromatic rings. The van der Waals surface area contributed by atoms with Crippen LogP contribution in [0.3, 0.4) is 0 Å². The molecule has 0 saturated carbocycles. The number of benzene rings is 1. The second-order valence-corrected chi connectivity index (χ2v) is 9.05. The largest absolute Gasteiger partial charge is 0.353 e. The number of hydrogen-bond donors (Lipinski definition) is 2. The summed E-state index contributed by atoms with van der Waals surface area (Å²) < 4.78 is 29.6. The number of fused-ring (bicyclic) bond motifs is 3. The Kier molecular flexibility index (Phi) is 5.82. The molecule has 9 heteroatoms. The fourth-order valence-electron chi connectivity index (χ4n) is 4.08. The molecule has 0 bridgehead atoms. The Bertz CT molecular complexity index is 839. The van der Waals surface area contributed by atoms with E-state index < -0.39 is 42.3 Å². The fraction of sp³-hybridized carbons (Fsp3) is 0.636. The molecule has 3 fully saturated rings. The molecule has 0 unspecified atom stereocenters. The van der Waals surface area contributed by atoms with Crippen LogP contribution in [-0.4, -0.2) is 60.6 Å². The van der Waals surface area contributed by atoms with Gasteiger partial charge in [-0.3, -0.25) is 9.59 Å². The number of hydrogen-bond acceptors (Lipinski definition) is 7. The summed E-state index contributed by atoms with van der Waals surface area (Å²) in [6.45, 7) is 9.27. The molecule has 1 aromatic carbocycles.